The number of benzene rings is 1. The number of hydrogen-bond donors (Lipinski definition) is 2. The van der Waals surface area contributed by atoms with Gasteiger partial charge in [0.05, 0.1) is 0 Å². The van der Waals surface area contributed by atoms with E-state index in [1.807, 2.05) is 50.2 Å². The monoisotopic (exact) mass is 291 g/mol. The number of likely N-dealkylation sites (N-methyl/N-ethyl adjacent to an activating group) is 1. The van der Waals surface area contributed by atoms with Gasteiger partial charge in [-0.3, -0.25) is 9.59 Å². The number of carbonyl (C=O) groups is 2. The van der Waals surface area contributed by atoms with Crippen LogP contribution in [-0.4, -0.2) is 43.9 Å². The van der Waals surface area contributed by atoms with Crippen molar-refractivity contribution in [2.45, 2.75) is 20.8 Å². The number of rotatable bonds is 6. The van der Waals surface area contributed by atoms with Crippen molar-refractivity contribution < 1.29 is 9.59 Å². The van der Waals surface area contributed by atoms with Gasteiger partial charge in [0.1, 0.15) is 5.41 Å². The van der Waals surface area contributed by atoms with E-state index in [4.69, 9.17) is 0 Å². The molecule has 0 unspecified atom stereocenters. The first-order valence-electron chi connectivity index (χ1n) is 7.05. The highest BCUT2D eigenvalue weighted by molar-refractivity contribution is 6.10. The van der Waals surface area contributed by atoms with E-state index in [1.54, 1.807) is 13.8 Å². The normalized spacial score (nSPS) is 11.3. The summed E-state index contributed by atoms with van der Waals surface area (Å²) < 4.78 is 0. The van der Waals surface area contributed by atoms with E-state index >= 15 is 0 Å². The van der Waals surface area contributed by atoms with Crippen LogP contribution in [0.25, 0.3) is 0 Å². The number of nitrogens with one attached hydrogen (secondary N) is 2. The molecule has 0 aliphatic rings. The van der Waals surface area contributed by atoms with Crippen LogP contribution in [0.3, 0.4) is 0 Å². The van der Waals surface area contributed by atoms with Gasteiger partial charge in [-0.25, -0.2) is 0 Å². The van der Waals surface area contributed by atoms with Gasteiger partial charge in [0.25, 0.3) is 0 Å². The van der Waals surface area contributed by atoms with Crippen molar-refractivity contribution in [2.75, 3.05) is 32.5 Å². The lowest BCUT2D eigenvalue weighted by Crippen LogP contribution is -2.46. The highest BCUT2D eigenvalue weighted by atomic mass is 16.2. The summed E-state index contributed by atoms with van der Waals surface area (Å²) in [6.45, 7) is 6.44. The van der Waals surface area contributed by atoms with E-state index in [-0.39, 0.29) is 11.8 Å². The molecule has 0 aromatic heterocycles. The Bertz CT molecular complexity index is 510. The summed E-state index contributed by atoms with van der Waals surface area (Å²) in [4.78, 5) is 26.5. The molecule has 1 aromatic carbocycles. The van der Waals surface area contributed by atoms with Crippen molar-refractivity contribution in [1.82, 2.24) is 10.2 Å². The maximum Gasteiger partial charge on any atom is 0.239 e. The minimum Gasteiger partial charge on any atom is -0.354 e. The molecule has 116 valence electrons. The molecule has 0 saturated carbocycles. The highest BCUT2D eigenvalue weighted by Gasteiger charge is 2.35. The molecule has 2 N–H and O–H groups in total. The summed E-state index contributed by atoms with van der Waals surface area (Å²) >= 11 is 0. The molecule has 0 aliphatic heterocycles. The van der Waals surface area contributed by atoms with Gasteiger partial charge < -0.3 is 15.5 Å². The molecule has 0 spiro atoms. The Morgan fingerprint density at radius 3 is 2.33 bits per heavy atom. The molecule has 5 heteroatoms. The Labute approximate surface area is 126 Å². The van der Waals surface area contributed by atoms with E-state index in [9.17, 15) is 9.59 Å². The third-order valence-corrected chi connectivity index (χ3v) is 3.37. The van der Waals surface area contributed by atoms with Crippen LogP contribution >= 0.6 is 0 Å². The number of anilines is 1. The lowest BCUT2D eigenvalue weighted by atomic mass is 9.90. The number of hydrogen-bond acceptors (Lipinski definition) is 3. The smallest absolute Gasteiger partial charge is 0.239 e. The lowest BCUT2D eigenvalue weighted by Gasteiger charge is -2.23. The highest BCUT2D eigenvalue weighted by Crippen LogP contribution is 2.20. The summed E-state index contributed by atoms with van der Waals surface area (Å²) in [5, 5.41) is 5.61. The average Bonchev–Trinajstić information content (AvgIpc) is 2.40. The summed E-state index contributed by atoms with van der Waals surface area (Å²) in [7, 11) is 3.87. The predicted octanol–water partition coefficient (Wildman–Crippen LogP) is 1.64. The number of aryl methyl sites for hydroxylation is 1. The second-order valence-corrected chi connectivity index (χ2v) is 5.95. The first kappa shape index (κ1) is 17.2. The standard InChI is InChI=1S/C16H25N3O2/c1-12-8-6-7-9-13(12)18-15(21)16(2,3)14(20)17-10-11-19(4)5/h6-9H,10-11H2,1-5H3,(H,17,20)(H,18,21). The fourth-order valence-electron chi connectivity index (χ4n) is 1.71. The van der Waals surface area contributed by atoms with Crippen LogP contribution in [-0.2, 0) is 9.59 Å². The van der Waals surface area contributed by atoms with Gasteiger partial charge in [0, 0.05) is 18.8 Å². The molecule has 0 radical (unpaired) electrons. The van der Waals surface area contributed by atoms with Gasteiger partial charge in [0.2, 0.25) is 11.8 Å². The fourth-order valence-corrected chi connectivity index (χ4v) is 1.71. The molecule has 0 bridgehead atoms. The quantitative estimate of drug-likeness (QED) is 0.783. The second-order valence-electron chi connectivity index (χ2n) is 5.95. The van der Waals surface area contributed by atoms with E-state index < -0.39 is 5.41 Å². The molecular weight excluding hydrogens is 266 g/mol. The Balaban J connectivity index is 2.66. The van der Waals surface area contributed by atoms with Gasteiger partial charge in [-0.2, -0.15) is 0 Å². The van der Waals surface area contributed by atoms with Crippen LogP contribution in [0.4, 0.5) is 5.69 Å². The van der Waals surface area contributed by atoms with Crippen molar-refractivity contribution in [3.05, 3.63) is 29.8 Å². The van der Waals surface area contributed by atoms with Gasteiger partial charge in [-0.15, -0.1) is 0 Å². The zero-order chi connectivity index (χ0) is 16.0. The average molecular weight is 291 g/mol. The summed E-state index contributed by atoms with van der Waals surface area (Å²) in [5.41, 5.74) is 0.584. The molecule has 0 aliphatic carbocycles. The molecule has 0 heterocycles. The van der Waals surface area contributed by atoms with Crippen LogP contribution < -0.4 is 10.6 Å². The number of carbonyl (C=O) groups excluding carboxylic acids is 2. The second kappa shape index (κ2) is 7.22. The van der Waals surface area contributed by atoms with Crippen LogP contribution in [0, 0.1) is 12.3 Å². The van der Waals surface area contributed by atoms with Crippen LogP contribution in [0.2, 0.25) is 0 Å². The molecule has 0 saturated heterocycles. The maximum atomic E-state index is 12.3. The lowest BCUT2D eigenvalue weighted by molar-refractivity contribution is -0.138. The van der Waals surface area contributed by atoms with Gasteiger partial charge >= 0.3 is 0 Å². The van der Waals surface area contributed by atoms with Crippen molar-refractivity contribution in [2.24, 2.45) is 5.41 Å². The fraction of sp³-hybridized carbons (Fsp3) is 0.500. The molecule has 1 rings (SSSR count). The van der Waals surface area contributed by atoms with Gasteiger partial charge in [-0.1, -0.05) is 18.2 Å². The van der Waals surface area contributed by atoms with Gasteiger partial charge in [-0.05, 0) is 46.5 Å². The SMILES string of the molecule is Cc1ccccc1NC(=O)C(C)(C)C(=O)NCCN(C)C. The zero-order valence-corrected chi connectivity index (χ0v) is 13.5. The van der Waals surface area contributed by atoms with Gasteiger partial charge in [0.15, 0.2) is 0 Å². The van der Waals surface area contributed by atoms with E-state index in [1.165, 1.54) is 0 Å². The number of nitrogens with zero attached hydrogens (tertiary/aromatic N) is 1. The van der Waals surface area contributed by atoms with Crippen molar-refractivity contribution >= 4 is 17.5 Å². The van der Waals surface area contributed by atoms with E-state index in [0.717, 1.165) is 17.8 Å². The molecule has 5 nitrogen and oxygen atoms in total. The molecule has 2 amide bonds. The Kier molecular flexibility index (Phi) is 5.90. The van der Waals surface area contributed by atoms with E-state index in [0.29, 0.717) is 6.54 Å². The minimum absolute atomic E-state index is 0.268. The Morgan fingerprint density at radius 2 is 1.76 bits per heavy atom. The molecular formula is C16H25N3O2. The number of para-hydroxylation sites is 1. The summed E-state index contributed by atoms with van der Waals surface area (Å²) in [6, 6.07) is 7.50. The Hall–Kier alpha value is -1.88. The van der Waals surface area contributed by atoms with Crippen LogP contribution in [0.5, 0.6) is 0 Å². The van der Waals surface area contributed by atoms with Crippen molar-refractivity contribution in [3.8, 4) is 0 Å². The maximum absolute atomic E-state index is 12.3. The molecule has 0 atom stereocenters. The largest absolute Gasteiger partial charge is 0.354 e. The summed E-state index contributed by atoms with van der Waals surface area (Å²) in [6.07, 6.45) is 0. The van der Waals surface area contributed by atoms with Crippen molar-refractivity contribution in [1.29, 1.82) is 0 Å². The topological polar surface area (TPSA) is 61.4 Å². The number of amides is 2. The Morgan fingerprint density at radius 1 is 1.14 bits per heavy atom. The first-order valence-corrected chi connectivity index (χ1v) is 7.05. The third-order valence-electron chi connectivity index (χ3n) is 3.37. The summed E-state index contributed by atoms with van der Waals surface area (Å²) in [5.74, 6) is -0.574. The molecule has 1 aromatic rings. The van der Waals surface area contributed by atoms with E-state index in [2.05, 4.69) is 10.6 Å². The first-order chi connectivity index (χ1) is 9.75. The van der Waals surface area contributed by atoms with Crippen LogP contribution in [0.15, 0.2) is 24.3 Å². The minimum atomic E-state index is -1.12. The van der Waals surface area contributed by atoms with Crippen LogP contribution in [0.1, 0.15) is 19.4 Å². The molecule has 21 heavy (non-hydrogen) atoms. The third kappa shape index (κ3) is 4.86. The van der Waals surface area contributed by atoms with Crippen molar-refractivity contribution in [3.63, 3.8) is 0 Å². The predicted molar refractivity (Wildman–Crippen MR) is 85.2 cm³/mol. The molecule has 0 fully saturated rings. The zero-order valence-electron chi connectivity index (χ0n) is 13.5.